The average molecular weight is 421 g/mol. The minimum atomic E-state index is -3.94. The maximum atomic E-state index is 12.9. The van der Waals surface area contributed by atoms with E-state index >= 15 is 0 Å². The van der Waals surface area contributed by atoms with Crippen LogP contribution in [0.4, 0.5) is 5.69 Å². The van der Waals surface area contributed by atoms with Gasteiger partial charge in [0.1, 0.15) is 0 Å². The molecule has 7 nitrogen and oxygen atoms in total. The molecular formula is C21H28N2O5S. The Hall–Kier alpha value is -2.74. The van der Waals surface area contributed by atoms with Gasteiger partial charge in [0.15, 0.2) is 11.5 Å². The average Bonchev–Trinajstić information content (AvgIpc) is 2.69. The van der Waals surface area contributed by atoms with Crippen LogP contribution in [0.25, 0.3) is 0 Å². The van der Waals surface area contributed by atoms with Crippen molar-refractivity contribution in [2.24, 2.45) is 0 Å². The van der Waals surface area contributed by atoms with E-state index in [2.05, 4.69) is 10.0 Å². The molecule has 0 radical (unpaired) electrons. The first-order valence-corrected chi connectivity index (χ1v) is 11.1. The van der Waals surface area contributed by atoms with Crippen molar-refractivity contribution in [2.75, 3.05) is 17.9 Å². The lowest BCUT2D eigenvalue weighted by atomic mass is 10.1. The molecule has 0 spiro atoms. The Kier molecular flexibility index (Phi) is 7.90. The van der Waals surface area contributed by atoms with E-state index in [1.807, 2.05) is 20.8 Å². The summed E-state index contributed by atoms with van der Waals surface area (Å²) in [6.45, 7) is 8.30. The molecule has 2 N–H and O–H groups in total. The second-order valence-electron chi connectivity index (χ2n) is 6.41. The van der Waals surface area contributed by atoms with Gasteiger partial charge in [-0.1, -0.05) is 19.1 Å². The first-order chi connectivity index (χ1) is 13.8. The quantitative estimate of drug-likeness (QED) is 0.610. The van der Waals surface area contributed by atoms with Crippen LogP contribution in [0.3, 0.4) is 0 Å². The van der Waals surface area contributed by atoms with E-state index in [0.717, 1.165) is 6.42 Å². The lowest BCUT2D eigenvalue weighted by molar-refractivity contribution is 0.0940. The Balaban J connectivity index is 2.35. The Morgan fingerprint density at radius 3 is 2.31 bits per heavy atom. The Bertz CT molecular complexity index is 944. The first-order valence-electron chi connectivity index (χ1n) is 9.64. The fourth-order valence-electron chi connectivity index (χ4n) is 2.58. The molecule has 2 aromatic carbocycles. The molecule has 0 aliphatic rings. The number of para-hydroxylation sites is 1. The van der Waals surface area contributed by atoms with Crippen LogP contribution in [-0.2, 0) is 10.0 Å². The number of nitrogens with one attached hydrogen (secondary N) is 2. The number of hydrogen-bond donors (Lipinski definition) is 2. The van der Waals surface area contributed by atoms with E-state index in [-0.39, 0.29) is 28.1 Å². The summed E-state index contributed by atoms with van der Waals surface area (Å²) < 4.78 is 39.4. The number of benzene rings is 2. The lowest BCUT2D eigenvalue weighted by Crippen LogP contribution is -2.32. The van der Waals surface area contributed by atoms with Gasteiger partial charge in [-0.05, 0) is 51.5 Å². The number of carbonyl (C=O) groups excluding carboxylic acids is 1. The van der Waals surface area contributed by atoms with Crippen molar-refractivity contribution in [1.29, 1.82) is 0 Å². The topological polar surface area (TPSA) is 93.7 Å². The van der Waals surface area contributed by atoms with Crippen molar-refractivity contribution in [3.63, 3.8) is 0 Å². The molecule has 158 valence electrons. The van der Waals surface area contributed by atoms with Crippen LogP contribution in [-0.4, -0.2) is 33.6 Å². The summed E-state index contributed by atoms with van der Waals surface area (Å²) in [6.07, 6.45) is 0.770. The van der Waals surface area contributed by atoms with Gasteiger partial charge in [0.25, 0.3) is 15.9 Å². The van der Waals surface area contributed by atoms with Crippen molar-refractivity contribution in [1.82, 2.24) is 5.32 Å². The van der Waals surface area contributed by atoms with Crippen molar-refractivity contribution in [3.05, 3.63) is 48.0 Å². The maximum absolute atomic E-state index is 12.9. The number of anilines is 1. The first kappa shape index (κ1) is 22.5. The van der Waals surface area contributed by atoms with Gasteiger partial charge in [0.2, 0.25) is 0 Å². The second kappa shape index (κ2) is 10.2. The second-order valence-corrected chi connectivity index (χ2v) is 8.09. The summed E-state index contributed by atoms with van der Waals surface area (Å²) in [5.74, 6) is 0.487. The predicted molar refractivity (Wildman–Crippen MR) is 113 cm³/mol. The molecule has 0 bridgehead atoms. The summed E-state index contributed by atoms with van der Waals surface area (Å²) in [4.78, 5) is 12.5. The normalized spacial score (nSPS) is 12.1. The van der Waals surface area contributed by atoms with Gasteiger partial charge in [-0.25, -0.2) is 8.42 Å². The molecule has 0 aliphatic carbocycles. The summed E-state index contributed by atoms with van der Waals surface area (Å²) in [6, 6.07) is 10.9. The van der Waals surface area contributed by atoms with E-state index in [1.54, 1.807) is 37.3 Å². The third kappa shape index (κ3) is 5.87. The van der Waals surface area contributed by atoms with E-state index in [4.69, 9.17) is 9.47 Å². The van der Waals surface area contributed by atoms with Gasteiger partial charge in [0.05, 0.1) is 29.4 Å². The SMILES string of the molecule is CCOc1ccc(S(=O)(=O)Nc2ccccc2C(=O)N[C@H](C)CC)cc1OCC. The van der Waals surface area contributed by atoms with Crippen molar-refractivity contribution in [2.45, 2.75) is 45.1 Å². The molecular weight excluding hydrogens is 392 g/mol. The van der Waals surface area contributed by atoms with Crippen molar-refractivity contribution < 1.29 is 22.7 Å². The molecule has 0 aliphatic heterocycles. The zero-order valence-electron chi connectivity index (χ0n) is 17.2. The highest BCUT2D eigenvalue weighted by atomic mass is 32.2. The molecule has 0 fully saturated rings. The van der Waals surface area contributed by atoms with Crippen molar-refractivity contribution in [3.8, 4) is 11.5 Å². The van der Waals surface area contributed by atoms with E-state index in [9.17, 15) is 13.2 Å². The molecule has 1 atom stereocenters. The standard InChI is InChI=1S/C21H28N2O5S/c1-5-15(4)22-21(24)17-10-8-9-11-18(17)23-29(25,26)16-12-13-19(27-6-2)20(14-16)28-7-3/h8-15,23H,5-7H2,1-4H3,(H,22,24)/t15-/m1/s1. The molecule has 0 saturated carbocycles. The Morgan fingerprint density at radius 2 is 1.66 bits per heavy atom. The monoisotopic (exact) mass is 420 g/mol. The highest BCUT2D eigenvalue weighted by Gasteiger charge is 2.21. The van der Waals surface area contributed by atoms with Crippen LogP contribution >= 0.6 is 0 Å². The fraction of sp³-hybridized carbons (Fsp3) is 0.381. The Morgan fingerprint density at radius 1 is 1.00 bits per heavy atom. The maximum Gasteiger partial charge on any atom is 0.262 e. The minimum absolute atomic E-state index is 0.0153. The smallest absolute Gasteiger partial charge is 0.262 e. The van der Waals surface area contributed by atoms with Crippen molar-refractivity contribution >= 4 is 21.6 Å². The zero-order valence-corrected chi connectivity index (χ0v) is 18.0. The molecule has 8 heteroatoms. The highest BCUT2D eigenvalue weighted by molar-refractivity contribution is 7.92. The number of hydrogen-bond acceptors (Lipinski definition) is 5. The number of rotatable bonds is 10. The molecule has 29 heavy (non-hydrogen) atoms. The summed E-state index contributed by atoms with van der Waals surface area (Å²) >= 11 is 0. The lowest BCUT2D eigenvalue weighted by Gasteiger charge is -2.16. The van der Waals surface area contributed by atoms with Crippen LogP contribution in [0, 0.1) is 0 Å². The Labute approximate surface area is 172 Å². The zero-order chi connectivity index (χ0) is 21.4. The molecule has 2 rings (SSSR count). The minimum Gasteiger partial charge on any atom is -0.490 e. The summed E-state index contributed by atoms with van der Waals surface area (Å²) in [5.41, 5.74) is 0.465. The molecule has 0 heterocycles. The van der Waals surface area contributed by atoms with Gasteiger partial charge in [-0.3, -0.25) is 9.52 Å². The third-order valence-electron chi connectivity index (χ3n) is 4.23. The van der Waals surface area contributed by atoms with Crippen LogP contribution in [0.2, 0.25) is 0 Å². The van der Waals surface area contributed by atoms with Gasteiger partial charge >= 0.3 is 0 Å². The number of carbonyl (C=O) groups is 1. The molecule has 2 aromatic rings. The third-order valence-corrected chi connectivity index (χ3v) is 5.59. The number of ether oxygens (including phenoxy) is 2. The van der Waals surface area contributed by atoms with Gasteiger partial charge < -0.3 is 14.8 Å². The summed E-state index contributed by atoms with van der Waals surface area (Å²) in [7, 11) is -3.94. The highest BCUT2D eigenvalue weighted by Crippen LogP contribution is 2.31. The molecule has 0 unspecified atom stereocenters. The van der Waals surface area contributed by atoms with Crippen LogP contribution in [0.15, 0.2) is 47.4 Å². The van der Waals surface area contributed by atoms with Crippen LogP contribution < -0.4 is 19.5 Å². The van der Waals surface area contributed by atoms with Gasteiger partial charge in [0, 0.05) is 12.1 Å². The molecule has 0 aromatic heterocycles. The largest absolute Gasteiger partial charge is 0.490 e. The van der Waals surface area contributed by atoms with Crippen LogP contribution in [0.5, 0.6) is 11.5 Å². The number of sulfonamides is 1. The van der Waals surface area contributed by atoms with Crippen LogP contribution in [0.1, 0.15) is 44.5 Å². The summed E-state index contributed by atoms with van der Waals surface area (Å²) in [5, 5.41) is 2.85. The van der Waals surface area contributed by atoms with E-state index in [1.165, 1.54) is 12.1 Å². The van der Waals surface area contributed by atoms with Gasteiger partial charge in [-0.2, -0.15) is 0 Å². The predicted octanol–water partition coefficient (Wildman–Crippen LogP) is 3.81. The molecule has 0 saturated heterocycles. The number of amides is 1. The fourth-order valence-corrected chi connectivity index (χ4v) is 3.67. The molecule has 1 amide bonds. The van der Waals surface area contributed by atoms with E-state index < -0.39 is 10.0 Å². The van der Waals surface area contributed by atoms with Gasteiger partial charge in [-0.15, -0.1) is 0 Å². The van der Waals surface area contributed by atoms with E-state index in [0.29, 0.717) is 24.7 Å².